The number of carbonyl (C=O) groups excluding carboxylic acids is 1. The average Bonchev–Trinajstić information content (AvgIpc) is 3.00. The summed E-state index contributed by atoms with van der Waals surface area (Å²) < 4.78 is 38.2. The number of ether oxygens (including phenoxy) is 2. The highest BCUT2D eigenvalue weighted by Gasteiger charge is 2.22. The summed E-state index contributed by atoms with van der Waals surface area (Å²) in [4.78, 5) is 26.1. The molecule has 13 heteroatoms. The van der Waals surface area contributed by atoms with Crippen molar-refractivity contribution >= 4 is 49.8 Å². The summed E-state index contributed by atoms with van der Waals surface area (Å²) in [6.07, 6.45) is 2.43. The van der Waals surface area contributed by atoms with E-state index in [2.05, 4.69) is 35.6 Å². The number of benzene rings is 4. The fraction of sp³-hybridized carbons (Fsp3) is 0.212. The van der Waals surface area contributed by atoms with Gasteiger partial charge >= 0.3 is 12.0 Å². The third-order valence-corrected chi connectivity index (χ3v) is 7.47. The molecule has 0 saturated heterocycles. The van der Waals surface area contributed by atoms with Crippen LogP contribution >= 0.6 is 0 Å². The lowest BCUT2D eigenvalue weighted by Gasteiger charge is -2.24. The second-order valence-electron chi connectivity index (χ2n) is 11.5. The van der Waals surface area contributed by atoms with Gasteiger partial charge in [0, 0.05) is 17.3 Å². The van der Waals surface area contributed by atoms with Crippen molar-refractivity contribution in [3.63, 3.8) is 0 Å². The van der Waals surface area contributed by atoms with E-state index in [1.807, 2.05) is 75.4 Å². The van der Waals surface area contributed by atoms with Crippen LogP contribution in [-0.4, -0.2) is 42.8 Å². The number of methoxy groups -OCH3 is 1. The van der Waals surface area contributed by atoms with Crippen LogP contribution in [0.25, 0.3) is 10.8 Å². The number of hydrogen-bond donors (Lipinski definition) is 4. The summed E-state index contributed by atoms with van der Waals surface area (Å²) in [7, 11) is -2.21. The summed E-state index contributed by atoms with van der Waals surface area (Å²) >= 11 is 0. The number of nitrogens with one attached hydrogen (secondary N) is 4. The molecule has 46 heavy (non-hydrogen) atoms. The van der Waals surface area contributed by atoms with Gasteiger partial charge in [-0.05, 0) is 40.8 Å². The van der Waals surface area contributed by atoms with Crippen LogP contribution in [0.2, 0.25) is 0 Å². The molecule has 1 heterocycles. The molecule has 0 unspecified atom stereocenters. The van der Waals surface area contributed by atoms with Crippen molar-refractivity contribution in [2.75, 3.05) is 34.0 Å². The van der Waals surface area contributed by atoms with Gasteiger partial charge in [-0.25, -0.2) is 18.2 Å². The number of carbonyl (C=O) groups is 1. The quantitative estimate of drug-likeness (QED) is 0.129. The monoisotopic (exact) mass is 641 g/mol. The first kappa shape index (κ1) is 32.0. The number of sulfonamides is 1. The fourth-order valence-corrected chi connectivity index (χ4v) is 5.24. The molecule has 4 aromatic carbocycles. The third-order valence-electron chi connectivity index (χ3n) is 6.88. The summed E-state index contributed by atoms with van der Waals surface area (Å²) in [5.74, 6) is 1.03. The van der Waals surface area contributed by atoms with Crippen molar-refractivity contribution in [3.05, 3.63) is 96.3 Å². The Morgan fingerprint density at radius 3 is 2.22 bits per heavy atom. The van der Waals surface area contributed by atoms with Crippen LogP contribution in [0.1, 0.15) is 31.9 Å². The van der Waals surface area contributed by atoms with Crippen LogP contribution in [0, 0.1) is 0 Å². The maximum Gasteiger partial charge on any atom is 0.326 e. The van der Waals surface area contributed by atoms with Gasteiger partial charge in [0.15, 0.2) is 5.75 Å². The van der Waals surface area contributed by atoms with Crippen molar-refractivity contribution in [3.8, 4) is 17.5 Å². The second-order valence-corrected chi connectivity index (χ2v) is 13.2. The SMILES string of the molecule is COc1c(NC(=O)Nc2ccc(Oc3ncnc(NCc4ccccc4)n3)c3ccccc23)cc(C(C)(C)C)cc1NS(C)(=O)=O. The molecule has 0 bridgehead atoms. The van der Waals surface area contributed by atoms with Gasteiger partial charge in [-0.1, -0.05) is 75.4 Å². The summed E-state index contributed by atoms with van der Waals surface area (Å²) in [5.41, 5.74) is 2.55. The Hall–Kier alpha value is -5.43. The lowest BCUT2D eigenvalue weighted by Crippen LogP contribution is -2.22. The lowest BCUT2D eigenvalue weighted by atomic mass is 9.86. The molecule has 0 fully saturated rings. The van der Waals surface area contributed by atoms with Gasteiger partial charge in [0.1, 0.15) is 12.1 Å². The number of anilines is 4. The first-order valence-corrected chi connectivity index (χ1v) is 16.2. The minimum Gasteiger partial charge on any atom is -0.492 e. The zero-order chi connectivity index (χ0) is 32.9. The lowest BCUT2D eigenvalue weighted by molar-refractivity contribution is 0.262. The molecule has 0 aliphatic carbocycles. The molecular weight excluding hydrogens is 606 g/mol. The van der Waals surface area contributed by atoms with Crippen LogP contribution < -0.4 is 30.1 Å². The van der Waals surface area contributed by atoms with Crippen LogP contribution in [0.4, 0.5) is 27.8 Å². The van der Waals surface area contributed by atoms with E-state index in [1.165, 1.54) is 13.4 Å². The Balaban J connectivity index is 1.37. The third kappa shape index (κ3) is 7.99. The molecule has 4 N–H and O–H groups in total. The Morgan fingerprint density at radius 1 is 0.848 bits per heavy atom. The van der Waals surface area contributed by atoms with Gasteiger partial charge in [0.2, 0.25) is 16.0 Å². The first-order valence-electron chi connectivity index (χ1n) is 14.3. The van der Waals surface area contributed by atoms with Crippen LogP contribution in [-0.2, 0) is 22.0 Å². The molecule has 238 valence electrons. The van der Waals surface area contributed by atoms with Gasteiger partial charge in [0.25, 0.3) is 0 Å². The second kappa shape index (κ2) is 13.3. The Kier molecular flexibility index (Phi) is 9.23. The number of aromatic nitrogens is 3. The minimum absolute atomic E-state index is 0.110. The molecular formula is C33H35N7O5S. The molecule has 0 radical (unpaired) electrons. The summed E-state index contributed by atoms with van der Waals surface area (Å²) in [5, 5.41) is 10.3. The van der Waals surface area contributed by atoms with Gasteiger partial charge in [0.05, 0.1) is 30.4 Å². The molecule has 1 aromatic heterocycles. The topological polar surface area (TPSA) is 156 Å². The van der Waals surface area contributed by atoms with Gasteiger partial charge in [-0.3, -0.25) is 4.72 Å². The number of nitrogens with zero attached hydrogens (tertiary/aromatic N) is 3. The number of fused-ring (bicyclic) bond motifs is 1. The largest absolute Gasteiger partial charge is 0.492 e. The standard InChI is InChI=1S/C33H35N7O5S/c1-33(2,3)22-17-26(29(44-4)27(18-22)40-46(5,42)43)38-31(41)37-25-15-16-28(24-14-10-9-13-23(24)25)45-32-36-20-35-30(39-32)34-19-21-11-7-6-8-12-21/h6-18,20,40H,19H2,1-5H3,(H2,37,38,41)(H,34,35,36,39). The summed E-state index contributed by atoms with van der Waals surface area (Å²) in [6, 6.07) is 23.8. The first-order chi connectivity index (χ1) is 21.9. The van der Waals surface area contributed by atoms with Crippen LogP contribution in [0.3, 0.4) is 0 Å². The highest BCUT2D eigenvalue weighted by Crippen LogP contribution is 2.39. The maximum atomic E-state index is 13.3. The molecule has 0 atom stereocenters. The van der Waals surface area contributed by atoms with E-state index in [-0.39, 0.29) is 22.9 Å². The molecule has 2 amide bonds. The number of urea groups is 1. The smallest absolute Gasteiger partial charge is 0.326 e. The van der Waals surface area contributed by atoms with Crippen molar-refractivity contribution in [2.24, 2.45) is 0 Å². The van der Waals surface area contributed by atoms with Crippen molar-refractivity contribution < 1.29 is 22.7 Å². The Morgan fingerprint density at radius 2 is 1.52 bits per heavy atom. The highest BCUT2D eigenvalue weighted by atomic mass is 32.2. The van der Waals surface area contributed by atoms with E-state index in [0.29, 0.717) is 40.4 Å². The highest BCUT2D eigenvalue weighted by molar-refractivity contribution is 7.92. The van der Waals surface area contributed by atoms with Crippen molar-refractivity contribution in [1.82, 2.24) is 15.0 Å². The molecule has 0 spiro atoms. The van der Waals surface area contributed by atoms with E-state index < -0.39 is 16.1 Å². The van der Waals surface area contributed by atoms with Crippen molar-refractivity contribution in [2.45, 2.75) is 32.7 Å². The van der Waals surface area contributed by atoms with Crippen LogP contribution in [0.15, 0.2) is 85.2 Å². The number of rotatable bonds is 10. The number of amides is 2. The predicted molar refractivity (Wildman–Crippen MR) is 180 cm³/mol. The molecule has 12 nitrogen and oxygen atoms in total. The van der Waals surface area contributed by atoms with Crippen molar-refractivity contribution in [1.29, 1.82) is 0 Å². The van der Waals surface area contributed by atoms with E-state index in [9.17, 15) is 13.2 Å². The zero-order valence-corrected chi connectivity index (χ0v) is 26.9. The fourth-order valence-electron chi connectivity index (χ4n) is 4.69. The van der Waals surface area contributed by atoms with Gasteiger partial charge in [-0.2, -0.15) is 9.97 Å². The van der Waals surface area contributed by atoms with E-state index in [0.717, 1.165) is 17.4 Å². The summed E-state index contributed by atoms with van der Waals surface area (Å²) in [6.45, 7) is 6.49. The zero-order valence-electron chi connectivity index (χ0n) is 26.1. The van der Waals surface area contributed by atoms with Crippen LogP contribution in [0.5, 0.6) is 17.5 Å². The minimum atomic E-state index is -3.62. The maximum absolute atomic E-state index is 13.3. The average molecular weight is 642 g/mol. The molecule has 0 aliphatic rings. The normalized spacial score (nSPS) is 11.5. The van der Waals surface area contributed by atoms with E-state index in [1.54, 1.807) is 24.3 Å². The van der Waals surface area contributed by atoms with Gasteiger partial charge < -0.3 is 25.4 Å². The Labute approximate surface area is 267 Å². The van der Waals surface area contributed by atoms with E-state index in [4.69, 9.17) is 9.47 Å². The Bertz CT molecular complexity index is 1980. The van der Waals surface area contributed by atoms with Gasteiger partial charge in [-0.15, -0.1) is 0 Å². The predicted octanol–water partition coefficient (Wildman–Crippen LogP) is 6.75. The number of hydrogen-bond acceptors (Lipinski definition) is 9. The molecule has 0 saturated carbocycles. The molecule has 5 rings (SSSR count). The van der Waals surface area contributed by atoms with E-state index >= 15 is 0 Å². The molecule has 5 aromatic rings. The molecule has 0 aliphatic heterocycles.